The van der Waals surface area contributed by atoms with E-state index in [1.165, 1.54) is 12.8 Å². The molecule has 0 aromatic carbocycles. The molecule has 0 radical (unpaired) electrons. The van der Waals surface area contributed by atoms with Crippen LogP contribution in [0.4, 0.5) is 0 Å². The Bertz CT molecular complexity index is 177. The van der Waals surface area contributed by atoms with Crippen LogP contribution in [0, 0.1) is 11.3 Å². The lowest BCUT2D eigenvalue weighted by Gasteiger charge is -2.27. The molecule has 1 N–H and O–H groups in total. The molecule has 13 heavy (non-hydrogen) atoms. The summed E-state index contributed by atoms with van der Waals surface area (Å²) < 4.78 is 0. The van der Waals surface area contributed by atoms with Crippen molar-refractivity contribution in [3.63, 3.8) is 0 Å². The van der Waals surface area contributed by atoms with Crippen LogP contribution < -0.4 is 0 Å². The van der Waals surface area contributed by atoms with E-state index in [4.69, 9.17) is 0 Å². The van der Waals surface area contributed by atoms with Crippen molar-refractivity contribution < 1.29 is 9.90 Å². The highest BCUT2D eigenvalue weighted by atomic mass is 16.3. The fraction of sp³-hybridized carbons (Fsp3) is 0.909. The summed E-state index contributed by atoms with van der Waals surface area (Å²) in [5.74, 6) is 0.503. The van der Waals surface area contributed by atoms with Gasteiger partial charge in [0.15, 0.2) is 0 Å². The van der Waals surface area contributed by atoms with Crippen LogP contribution in [0.1, 0.15) is 46.0 Å². The van der Waals surface area contributed by atoms with E-state index in [1.54, 1.807) is 6.92 Å². The van der Waals surface area contributed by atoms with Gasteiger partial charge in [-0.25, -0.2) is 0 Å². The molecule has 0 aliphatic heterocycles. The van der Waals surface area contributed by atoms with Gasteiger partial charge < -0.3 is 9.90 Å². The topological polar surface area (TPSA) is 37.3 Å². The molecule has 3 unspecified atom stereocenters. The van der Waals surface area contributed by atoms with Gasteiger partial charge in [-0.15, -0.1) is 0 Å². The Morgan fingerprint density at radius 2 is 2.38 bits per heavy atom. The van der Waals surface area contributed by atoms with Crippen molar-refractivity contribution >= 4 is 6.29 Å². The minimum Gasteiger partial charge on any atom is -0.393 e. The van der Waals surface area contributed by atoms with E-state index < -0.39 is 0 Å². The molecule has 2 heteroatoms. The van der Waals surface area contributed by atoms with Gasteiger partial charge in [0.1, 0.15) is 6.29 Å². The SMILES string of the molecule is CC(O)CCC1(C=O)CCCC1C. The van der Waals surface area contributed by atoms with E-state index in [9.17, 15) is 9.90 Å². The van der Waals surface area contributed by atoms with Crippen LogP contribution in [-0.4, -0.2) is 17.5 Å². The van der Waals surface area contributed by atoms with Crippen LogP contribution in [0.3, 0.4) is 0 Å². The molecule has 1 aliphatic rings. The summed E-state index contributed by atoms with van der Waals surface area (Å²) in [6.45, 7) is 3.95. The molecular formula is C11H20O2. The Labute approximate surface area is 80.3 Å². The van der Waals surface area contributed by atoms with Crippen LogP contribution >= 0.6 is 0 Å². The van der Waals surface area contributed by atoms with E-state index in [1.807, 2.05) is 0 Å². The molecule has 0 aromatic heterocycles. The first-order valence-corrected chi connectivity index (χ1v) is 5.25. The minimum atomic E-state index is -0.273. The molecule has 0 aromatic rings. The van der Waals surface area contributed by atoms with Gasteiger partial charge in [-0.1, -0.05) is 13.3 Å². The van der Waals surface area contributed by atoms with E-state index >= 15 is 0 Å². The molecule has 1 rings (SSSR count). The van der Waals surface area contributed by atoms with Crippen molar-refractivity contribution in [3.8, 4) is 0 Å². The molecule has 2 nitrogen and oxygen atoms in total. The Kier molecular flexibility index (Phi) is 3.48. The van der Waals surface area contributed by atoms with Crippen LogP contribution in [0.5, 0.6) is 0 Å². The van der Waals surface area contributed by atoms with E-state index in [2.05, 4.69) is 6.92 Å². The van der Waals surface area contributed by atoms with Crippen LogP contribution in [-0.2, 0) is 4.79 Å². The van der Waals surface area contributed by atoms with Gasteiger partial charge in [0.25, 0.3) is 0 Å². The second-order valence-electron chi connectivity index (χ2n) is 4.53. The van der Waals surface area contributed by atoms with Crippen molar-refractivity contribution in [1.29, 1.82) is 0 Å². The van der Waals surface area contributed by atoms with Gasteiger partial charge in [-0.05, 0) is 38.5 Å². The third-order valence-electron chi connectivity index (χ3n) is 3.52. The lowest BCUT2D eigenvalue weighted by Crippen LogP contribution is -2.26. The Morgan fingerprint density at radius 1 is 1.69 bits per heavy atom. The standard InChI is InChI=1S/C11H20O2/c1-9-4-3-6-11(9,8-12)7-5-10(2)13/h8-10,13H,3-7H2,1-2H3. The van der Waals surface area contributed by atoms with Gasteiger partial charge in [0.2, 0.25) is 0 Å². The van der Waals surface area contributed by atoms with Crippen LogP contribution in [0.25, 0.3) is 0 Å². The number of aliphatic hydroxyl groups is 1. The lowest BCUT2D eigenvalue weighted by atomic mass is 9.76. The Balaban J connectivity index is 2.54. The van der Waals surface area contributed by atoms with E-state index in [0.717, 1.165) is 25.5 Å². The van der Waals surface area contributed by atoms with Gasteiger partial charge in [-0.3, -0.25) is 0 Å². The van der Waals surface area contributed by atoms with Crippen molar-refractivity contribution in [2.75, 3.05) is 0 Å². The maximum atomic E-state index is 11.1. The van der Waals surface area contributed by atoms with Gasteiger partial charge in [0.05, 0.1) is 6.10 Å². The first-order chi connectivity index (χ1) is 6.10. The molecule has 0 saturated heterocycles. The molecule has 0 amide bonds. The number of aliphatic hydroxyl groups excluding tert-OH is 1. The molecule has 0 heterocycles. The quantitative estimate of drug-likeness (QED) is 0.680. The number of hydrogen-bond acceptors (Lipinski definition) is 2. The molecule has 0 spiro atoms. The molecule has 1 aliphatic carbocycles. The highest BCUT2D eigenvalue weighted by Gasteiger charge is 2.39. The van der Waals surface area contributed by atoms with Gasteiger partial charge >= 0.3 is 0 Å². The van der Waals surface area contributed by atoms with Crippen molar-refractivity contribution in [2.24, 2.45) is 11.3 Å². The molecule has 1 fully saturated rings. The average molecular weight is 184 g/mol. The summed E-state index contributed by atoms with van der Waals surface area (Å²) in [5, 5.41) is 9.19. The van der Waals surface area contributed by atoms with Crippen molar-refractivity contribution in [1.82, 2.24) is 0 Å². The van der Waals surface area contributed by atoms with Crippen LogP contribution in [0.15, 0.2) is 0 Å². The number of carbonyl (C=O) groups is 1. The zero-order chi connectivity index (χ0) is 9.90. The van der Waals surface area contributed by atoms with Crippen molar-refractivity contribution in [3.05, 3.63) is 0 Å². The predicted molar refractivity (Wildman–Crippen MR) is 52.4 cm³/mol. The summed E-state index contributed by atoms with van der Waals surface area (Å²) in [5.41, 5.74) is -0.114. The average Bonchev–Trinajstić information content (AvgIpc) is 2.45. The molecule has 76 valence electrons. The summed E-state index contributed by atoms with van der Waals surface area (Å²) in [4.78, 5) is 11.1. The van der Waals surface area contributed by atoms with E-state index in [0.29, 0.717) is 5.92 Å². The number of rotatable bonds is 4. The summed E-state index contributed by atoms with van der Waals surface area (Å²) in [7, 11) is 0. The first kappa shape index (κ1) is 10.7. The van der Waals surface area contributed by atoms with E-state index in [-0.39, 0.29) is 11.5 Å². The maximum absolute atomic E-state index is 11.1. The minimum absolute atomic E-state index is 0.114. The van der Waals surface area contributed by atoms with Crippen LogP contribution in [0.2, 0.25) is 0 Å². The number of aldehydes is 1. The molecule has 3 atom stereocenters. The number of carbonyl (C=O) groups excluding carboxylic acids is 1. The molecular weight excluding hydrogens is 164 g/mol. The number of hydrogen-bond donors (Lipinski definition) is 1. The lowest BCUT2D eigenvalue weighted by molar-refractivity contribution is -0.118. The normalized spacial score (nSPS) is 36.1. The summed E-state index contributed by atoms with van der Waals surface area (Å²) >= 11 is 0. The fourth-order valence-corrected chi connectivity index (χ4v) is 2.35. The smallest absolute Gasteiger partial charge is 0.126 e. The molecule has 0 bridgehead atoms. The highest BCUT2D eigenvalue weighted by molar-refractivity contribution is 5.60. The van der Waals surface area contributed by atoms with Crippen molar-refractivity contribution in [2.45, 2.75) is 52.1 Å². The zero-order valence-electron chi connectivity index (χ0n) is 8.62. The summed E-state index contributed by atoms with van der Waals surface area (Å²) in [6.07, 6.45) is 5.82. The highest BCUT2D eigenvalue weighted by Crippen LogP contribution is 2.45. The second-order valence-corrected chi connectivity index (χ2v) is 4.53. The summed E-state index contributed by atoms with van der Waals surface area (Å²) in [6, 6.07) is 0. The zero-order valence-corrected chi connectivity index (χ0v) is 8.62. The second kappa shape index (κ2) is 4.23. The first-order valence-electron chi connectivity index (χ1n) is 5.25. The van der Waals surface area contributed by atoms with Gasteiger partial charge in [0, 0.05) is 5.41 Å². The molecule has 1 saturated carbocycles. The monoisotopic (exact) mass is 184 g/mol. The maximum Gasteiger partial charge on any atom is 0.126 e. The Hall–Kier alpha value is -0.370. The Morgan fingerprint density at radius 3 is 2.77 bits per heavy atom. The fourth-order valence-electron chi connectivity index (χ4n) is 2.35. The predicted octanol–water partition coefficient (Wildman–Crippen LogP) is 2.15. The van der Waals surface area contributed by atoms with Gasteiger partial charge in [-0.2, -0.15) is 0 Å². The largest absolute Gasteiger partial charge is 0.393 e. The third-order valence-corrected chi connectivity index (χ3v) is 3.52. The third kappa shape index (κ3) is 2.31.